The SMILES string of the molecule is Clc1ccccc1-c1nc2c([nH]1)CN(C1CCn3ccnc3C1)CC2. The number of nitrogens with one attached hydrogen (secondary N) is 1. The lowest BCUT2D eigenvalue weighted by atomic mass is 10.0. The summed E-state index contributed by atoms with van der Waals surface area (Å²) < 4.78 is 2.28. The molecular weight excluding hydrogens is 334 g/mol. The van der Waals surface area contributed by atoms with Gasteiger partial charge in [0.1, 0.15) is 11.6 Å². The van der Waals surface area contributed by atoms with Crippen LogP contribution < -0.4 is 0 Å². The van der Waals surface area contributed by atoms with Crippen molar-refractivity contribution in [2.45, 2.75) is 38.4 Å². The molecule has 0 aliphatic carbocycles. The Morgan fingerprint density at radius 3 is 3.04 bits per heavy atom. The molecule has 0 saturated carbocycles. The minimum absolute atomic E-state index is 0.565. The van der Waals surface area contributed by atoms with Crippen molar-refractivity contribution in [2.24, 2.45) is 0 Å². The van der Waals surface area contributed by atoms with E-state index >= 15 is 0 Å². The van der Waals surface area contributed by atoms with Gasteiger partial charge >= 0.3 is 0 Å². The zero-order chi connectivity index (χ0) is 16.8. The summed E-state index contributed by atoms with van der Waals surface area (Å²) in [5.41, 5.74) is 3.39. The molecule has 0 fully saturated rings. The molecule has 2 aromatic heterocycles. The second-order valence-corrected chi connectivity index (χ2v) is 7.30. The number of rotatable bonds is 2. The average Bonchev–Trinajstić information content (AvgIpc) is 3.27. The second-order valence-electron chi connectivity index (χ2n) is 6.89. The summed E-state index contributed by atoms with van der Waals surface area (Å²) >= 11 is 6.33. The van der Waals surface area contributed by atoms with Crippen LogP contribution in [-0.2, 0) is 25.9 Å². The van der Waals surface area contributed by atoms with Crippen LogP contribution in [0.2, 0.25) is 5.02 Å². The average molecular weight is 354 g/mol. The van der Waals surface area contributed by atoms with Crippen LogP contribution in [0.25, 0.3) is 11.4 Å². The Hall–Kier alpha value is -2.11. The van der Waals surface area contributed by atoms with Gasteiger partial charge in [0.25, 0.3) is 0 Å². The van der Waals surface area contributed by atoms with Crippen LogP contribution in [0, 0.1) is 0 Å². The molecule has 1 atom stereocenters. The van der Waals surface area contributed by atoms with Gasteiger partial charge in [-0.3, -0.25) is 4.90 Å². The number of imidazole rings is 2. The van der Waals surface area contributed by atoms with Crippen molar-refractivity contribution in [3.05, 3.63) is 58.9 Å². The Bertz CT molecular complexity index is 912. The first-order chi connectivity index (χ1) is 12.3. The number of benzene rings is 1. The summed E-state index contributed by atoms with van der Waals surface area (Å²) in [4.78, 5) is 15.4. The molecule has 5 nitrogen and oxygen atoms in total. The number of aromatic nitrogens is 4. The Labute approximate surface area is 151 Å². The van der Waals surface area contributed by atoms with E-state index in [4.69, 9.17) is 16.6 Å². The van der Waals surface area contributed by atoms with Crippen LogP contribution in [-0.4, -0.2) is 37.0 Å². The molecule has 2 aliphatic heterocycles. The van der Waals surface area contributed by atoms with Crippen LogP contribution in [0.15, 0.2) is 36.7 Å². The summed E-state index contributed by atoms with van der Waals surface area (Å²) in [6.07, 6.45) is 7.21. The van der Waals surface area contributed by atoms with Crippen molar-refractivity contribution in [2.75, 3.05) is 6.54 Å². The van der Waals surface area contributed by atoms with Gasteiger partial charge in [-0.25, -0.2) is 9.97 Å². The highest BCUT2D eigenvalue weighted by Gasteiger charge is 2.29. The summed E-state index contributed by atoms with van der Waals surface area (Å²) in [7, 11) is 0. The second kappa shape index (κ2) is 6.00. The van der Waals surface area contributed by atoms with E-state index in [2.05, 4.69) is 25.6 Å². The van der Waals surface area contributed by atoms with Gasteiger partial charge in [0, 0.05) is 56.5 Å². The number of fused-ring (bicyclic) bond motifs is 2. The number of nitrogens with zero attached hydrogens (tertiary/aromatic N) is 4. The molecule has 6 heteroatoms. The Morgan fingerprint density at radius 2 is 2.12 bits per heavy atom. The van der Waals surface area contributed by atoms with Crippen molar-refractivity contribution in [3.63, 3.8) is 0 Å². The van der Waals surface area contributed by atoms with E-state index in [1.807, 2.05) is 30.5 Å². The fourth-order valence-electron chi connectivity index (χ4n) is 4.05. The Balaban J connectivity index is 1.38. The third-order valence-electron chi connectivity index (χ3n) is 5.43. The number of aryl methyl sites for hydroxylation is 1. The van der Waals surface area contributed by atoms with Gasteiger partial charge in [-0.05, 0) is 18.6 Å². The molecule has 4 heterocycles. The highest BCUT2D eigenvalue weighted by molar-refractivity contribution is 6.33. The maximum absolute atomic E-state index is 6.33. The first-order valence-electron chi connectivity index (χ1n) is 8.84. The summed E-state index contributed by atoms with van der Waals surface area (Å²) in [5, 5.41) is 0.740. The highest BCUT2D eigenvalue weighted by Crippen LogP contribution is 2.29. The number of halogens is 1. The van der Waals surface area contributed by atoms with Gasteiger partial charge in [-0.2, -0.15) is 0 Å². The standard InChI is InChI=1S/C19H20ClN5/c20-15-4-2-1-3-14(15)19-22-16-6-9-25(12-17(16)23-19)13-5-8-24-10-7-21-18(24)11-13/h1-4,7,10,13H,5-6,8-9,11-12H2,(H,22,23). The van der Waals surface area contributed by atoms with E-state index in [9.17, 15) is 0 Å². The number of H-pyrrole nitrogens is 1. The van der Waals surface area contributed by atoms with Crippen LogP contribution in [0.4, 0.5) is 0 Å². The molecular formula is C19H20ClN5. The molecule has 1 aromatic carbocycles. The zero-order valence-corrected chi connectivity index (χ0v) is 14.7. The van der Waals surface area contributed by atoms with Crippen molar-refractivity contribution in [3.8, 4) is 11.4 Å². The van der Waals surface area contributed by atoms with Gasteiger partial charge in [0.15, 0.2) is 0 Å². The molecule has 1 N–H and O–H groups in total. The molecule has 0 bridgehead atoms. The molecule has 0 spiro atoms. The van der Waals surface area contributed by atoms with E-state index in [0.29, 0.717) is 6.04 Å². The van der Waals surface area contributed by atoms with Gasteiger partial charge < -0.3 is 9.55 Å². The molecule has 0 radical (unpaired) electrons. The zero-order valence-electron chi connectivity index (χ0n) is 14.0. The highest BCUT2D eigenvalue weighted by atomic mass is 35.5. The van der Waals surface area contributed by atoms with E-state index in [1.54, 1.807) is 0 Å². The van der Waals surface area contributed by atoms with Crippen molar-refractivity contribution in [1.29, 1.82) is 0 Å². The third kappa shape index (κ3) is 2.68. The Morgan fingerprint density at radius 1 is 1.20 bits per heavy atom. The maximum atomic E-state index is 6.33. The first-order valence-corrected chi connectivity index (χ1v) is 9.22. The molecule has 25 heavy (non-hydrogen) atoms. The fourth-order valence-corrected chi connectivity index (χ4v) is 4.28. The lowest BCUT2D eigenvalue weighted by Crippen LogP contribution is -2.43. The fraction of sp³-hybridized carbons (Fsp3) is 0.368. The van der Waals surface area contributed by atoms with Gasteiger partial charge in [-0.15, -0.1) is 0 Å². The molecule has 3 aromatic rings. The van der Waals surface area contributed by atoms with E-state index in [-0.39, 0.29) is 0 Å². The monoisotopic (exact) mass is 353 g/mol. The summed E-state index contributed by atoms with van der Waals surface area (Å²) in [6.45, 7) is 3.06. The minimum atomic E-state index is 0.565. The molecule has 0 amide bonds. The summed E-state index contributed by atoms with van der Waals surface area (Å²) in [6, 6.07) is 8.44. The van der Waals surface area contributed by atoms with Crippen molar-refractivity contribution in [1.82, 2.24) is 24.4 Å². The third-order valence-corrected chi connectivity index (χ3v) is 5.76. The van der Waals surface area contributed by atoms with E-state index in [0.717, 1.165) is 48.9 Å². The van der Waals surface area contributed by atoms with E-state index < -0.39 is 0 Å². The molecule has 0 saturated heterocycles. The molecule has 2 aliphatic rings. The largest absolute Gasteiger partial charge is 0.340 e. The van der Waals surface area contributed by atoms with Gasteiger partial charge in [0.2, 0.25) is 0 Å². The quantitative estimate of drug-likeness (QED) is 0.769. The topological polar surface area (TPSA) is 49.7 Å². The maximum Gasteiger partial charge on any atom is 0.139 e. The van der Waals surface area contributed by atoms with Gasteiger partial charge in [-0.1, -0.05) is 23.7 Å². The number of aromatic amines is 1. The lowest BCUT2D eigenvalue weighted by molar-refractivity contribution is 0.148. The normalized spacial score (nSPS) is 20.3. The number of hydrogen-bond acceptors (Lipinski definition) is 3. The van der Waals surface area contributed by atoms with Crippen LogP contribution in [0.1, 0.15) is 23.6 Å². The first kappa shape index (κ1) is 15.2. The molecule has 128 valence electrons. The van der Waals surface area contributed by atoms with E-state index in [1.165, 1.54) is 23.6 Å². The van der Waals surface area contributed by atoms with Crippen molar-refractivity contribution >= 4 is 11.6 Å². The molecule has 5 rings (SSSR count). The van der Waals surface area contributed by atoms with Gasteiger partial charge in [0.05, 0.1) is 16.4 Å². The molecule has 1 unspecified atom stereocenters. The van der Waals surface area contributed by atoms with Crippen molar-refractivity contribution < 1.29 is 0 Å². The van der Waals surface area contributed by atoms with Crippen LogP contribution in [0.5, 0.6) is 0 Å². The lowest BCUT2D eigenvalue weighted by Gasteiger charge is -2.36. The minimum Gasteiger partial charge on any atom is -0.340 e. The predicted molar refractivity (Wildman–Crippen MR) is 97.5 cm³/mol. The number of hydrogen-bond donors (Lipinski definition) is 1. The summed E-state index contributed by atoms with van der Waals surface area (Å²) in [5.74, 6) is 2.10. The van der Waals surface area contributed by atoms with Crippen LogP contribution in [0.3, 0.4) is 0 Å². The van der Waals surface area contributed by atoms with Crippen LogP contribution >= 0.6 is 11.6 Å². The Kier molecular flexibility index (Phi) is 3.64. The predicted octanol–water partition coefficient (Wildman–Crippen LogP) is 3.30. The smallest absolute Gasteiger partial charge is 0.139 e.